The normalized spacial score (nSPS) is 35.8. The molecule has 4 atom stereocenters. The van der Waals surface area contributed by atoms with E-state index in [4.69, 9.17) is 5.73 Å². The molecule has 1 fully saturated rings. The number of nitrogens with two attached hydrogens (primary N) is 1. The molecule has 78 valence electrons. The lowest BCUT2D eigenvalue weighted by molar-refractivity contribution is 0.0935. The van der Waals surface area contributed by atoms with E-state index in [0.717, 1.165) is 11.8 Å². The summed E-state index contributed by atoms with van der Waals surface area (Å²) in [6, 6.07) is 0.829. The molecule has 1 aliphatic rings. The van der Waals surface area contributed by atoms with Crippen molar-refractivity contribution in [1.82, 2.24) is 4.90 Å². The largest absolute Gasteiger partial charge is 0.327 e. The lowest BCUT2D eigenvalue weighted by Gasteiger charge is -2.40. The van der Waals surface area contributed by atoms with Crippen LogP contribution in [0, 0.1) is 11.8 Å². The number of piperidine rings is 1. The molecule has 0 aromatic rings. The van der Waals surface area contributed by atoms with Gasteiger partial charge < -0.3 is 5.73 Å². The van der Waals surface area contributed by atoms with Crippen molar-refractivity contribution in [3.05, 3.63) is 0 Å². The second kappa shape index (κ2) is 4.43. The molecule has 0 aromatic carbocycles. The van der Waals surface area contributed by atoms with Crippen molar-refractivity contribution >= 4 is 0 Å². The summed E-state index contributed by atoms with van der Waals surface area (Å²) in [6.45, 7) is 11.5. The van der Waals surface area contributed by atoms with Gasteiger partial charge in [0.25, 0.3) is 0 Å². The van der Waals surface area contributed by atoms with Gasteiger partial charge in [0.1, 0.15) is 0 Å². The van der Waals surface area contributed by atoms with E-state index in [1.165, 1.54) is 19.5 Å². The van der Waals surface area contributed by atoms with Gasteiger partial charge in [-0.25, -0.2) is 0 Å². The minimum atomic E-state index is 0.292. The predicted molar refractivity (Wildman–Crippen MR) is 57.6 cm³/mol. The zero-order valence-corrected chi connectivity index (χ0v) is 9.46. The summed E-state index contributed by atoms with van der Waals surface area (Å²) in [6.07, 6.45) is 1.33. The maximum absolute atomic E-state index is 5.91. The number of hydrogen-bond acceptors (Lipinski definition) is 2. The van der Waals surface area contributed by atoms with Gasteiger partial charge >= 0.3 is 0 Å². The first-order chi connectivity index (χ1) is 6.02. The maximum Gasteiger partial charge on any atom is 0.0216 e. The van der Waals surface area contributed by atoms with Crippen LogP contribution in [0.4, 0.5) is 0 Å². The lowest BCUT2D eigenvalue weighted by Crippen LogP contribution is -2.49. The fraction of sp³-hybridized carbons (Fsp3) is 1.00. The van der Waals surface area contributed by atoms with Gasteiger partial charge in [0.15, 0.2) is 0 Å². The second-order valence-corrected chi connectivity index (χ2v) is 4.84. The fourth-order valence-electron chi connectivity index (χ4n) is 2.00. The Morgan fingerprint density at radius 2 is 1.85 bits per heavy atom. The second-order valence-electron chi connectivity index (χ2n) is 4.84. The van der Waals surface area contributed by atoms with E-state index in [-0.39, 0.29) is 0 Å². The number of likely N-dealkylation sites (tertiary alicyclic amines) is 1. The quantitative estimate of drug-likeness (QED) is 0.708. The third-order valence-electron chi connectivity index (χ3n) is 3.70. The molecule has 2 N–H and O–H groups in total. The Morgan fingerprint density at radius 1 is 1.23 bits per heavy atom. The highest BCUT2D eigenvalue weighted by molar-refractivity contribution is 4.82. The van der Waals surface area contributed by atoms with Crippen LogP contribution in [0.15, 0.2) is 0 Å². The van der Waals surface area contributed by atoms with Crippen molar-refractivity contribution in [2.75, 3.05) is 13.1 Å². The minimum absolute atomic E-state index is 0.292. The van der Waals surface area contributed by atoms with E-state index in [1.54, 1.807) is 0 Å². The molecule has 0 saturated carbocycles. The number of nitrogens with zero attached hydrogens (tertiary/aromatic N) is 1. The van der Waals surface area contributed by atoms with Gasteiger partial charge in [-0.15, -0.1) is 0 Å². The number of hydrogen-bond donors (Lipinski definition) is 1. The Kier molecular flexibility index (Phi) is 3.74. The van der Waals surface area contributed by atoms with E-state index in [1.807, 2.05) is 0 Å². The van der Waals surface area contributed by atoms with Gasteiger partial charge in [-0.05, 0) is 38.6 Å². The van der Waals surface area contributed by atoms with Gasteiger partial charge in [0, 0.05) is 18.6 Å². The maximum atomic E-state index is 5.91. The first-order valence-corrected chi connectivity index (χ1v) is 5.52. The molecule has 1 rings (SSSR count). The summed E-state index contributed by atoms with van der Waals surface area (Å²) in [5.41, 5.74) is 5.91. The molecular formula is C11H24N2. The lowest BCUT2D eigenvalue weighted by atomic mass is 9.87. The smallest absolute Gasteiger partial charge is 0.0216 e. The highest BCUT2D eigenvalue weighted by Gasteiger charge is 2.26. The molecule has 0 radical (unpaired) electrons. The van der Waals surface area contributed by atoms with Gasteiger partial charge in [-0.3, -0.25) is 4.90 Å². The molecular weight excluding hydrogens is 160 g/mol. The molecule has 4 unspecified atom stereocenters. The summed E-state index contributed by atoms with van der Waals surface area (Å²) in [7, 11) is 0. The average molecular weight is 184 g/mol. The molecule has 0 aliphatic carbocycles. The van der Waals surface area contributed by atoms with Gasteiger partial charge in [0.05, 0.1) is 0 Å². The Bertz CT molecular complexity index is 156. The molecule has 0 amide bonds. The Hall–Kier alpha value is -0.0800. The molecule has 2 heteroatoms. The molecule has 1 aliphatic heterocycles. The van der Waals surface area contributed by atoms with E-state index in [9.17, 15) is 0 Å². The van der Waals surface area contributed by atoms with Crippen LogP contribution in [0.1, 0.15) is 34.1 Å². The van der Waals surface area contributed by atoms with E-state index < -0.39 is 0 Å². The first kappa shape index (κ1) is 11.0. The summed E-state index contributed by atoms with van der Waals surface area (Å²) in [5, 5.41) is 0. The van der Waals surface area contributed by atoms with Crippen LogP contribution in [0.3, 0.4) is 0 Å². The van der Waals surface area contributed by atoms with Crippen LogP contribution < -0.4 is 5.73 Å². The SMILES string of the molecule is CC(N)C(C)N1CCC(C)C(C)C1. The fourth-order valence-corrected chi connectivity index (χ4v) is 2.00. The van der Waals surface area contributed by atoms with Crippen molar-refractivity contribution in [2.45, 2.75) is 46.2 Å². The van der Waals surface area contributed by atoms with Gasteiger partial charge in [-0.2, -0.15) is 0 Å². The predicted octanol–water partition coefficient (Wildman–Crippen LogP) is 1.70. The van der Waals surface area contributed by atoms with Crippen molar-refractivity contribution in [1.29, 1.82) is 0 Å². The standard InChI is InChI=1S/C11H24N2/c1-8-5-6-13(7-9(8)2)11(4)10(3)12/h8-11H,5-7,12H2,1-4H3. The zero-order valence-electron chi connectivity index (χ0n) is 9.46. The zero-order chi connectivity index (χ0) is 10.0. The van der Waals surface area contributed by atoms with Crippen LogP contribution in [-0.4, -0.2) is 30.1 Å². The monoisotopic (exact) mass is 184 g/mol. The van der Waals surface area contributed by atoms with E-state index >= 15 is 0 Å². The van der Waals surface area contributed by atoms with Gasteiger partial charge in [-0.1, -0.05) is 13.8 Å². The highest BCUT2D eigenvalue weighted by atomic mass is 15.2. The molecule has 1 heterocycles. The molecule has 0 bridgehead atoms. The molecule has 2 nitrogen and oxygen atoms in total. The minimum Gasteiger partial charge on any atom is -0.327 e. The van der Waals surface area contributed by atoms with Gasteiger partial charge in [0.2, 0.25) is 0 Å². The summed E-state index contributed by atoms with van der Waals surface area (Å²) in [4.78, 5) is 2.54. The first-order valence-electron chi connectivity index (χ1n) is 5.52. The third-order valence-corrected chi connectivity index (χ3v) is 3.70. The van der Waals surface area contributed by atoms with Crippen LogP contribution in [0.2, 0.25) is 0 Å². The molecule has 0 spiro atoms. The van der Waals surface area contributed by atoms with E-state index in [0.29, 0.717) is 12.1 Å². The third kappa shape index (κ3) is 2.68. The molecule has 0 aromatic heterocycles. The van der Waals surface area contributed by atoms with Crippen LogP contribution in [0.5, 0.6) is 0 Å². The van der Waals surface area contributed by atoms with E-state index in [2.05, 4.69) is 32.6 Å². The van der Waals surface area contributed by atoms with Crippen LogP contribution in [0.25, 0.3) is 0 Å². The van der Waals surface area contributed by atoms with Crippen molar-refractivity contribution in [3.8, 4) is 0 Å². The van der Waals surface area contributed by atoms with Crippen LogP contribution >= 0.6 is 0 Å². The summed E-state index contributed by atoms with van der Waals surface area (Å²) >= 11 is 0. The summed E-state index contributed by atoms with van der Waals surface area (Å²) in [5.74, 6) is 1.71. The molecule has 1 saturated heterocycles. The van der Waals surface area contributed by atoms with Crippen molar-refractivity contribution in [3.63, 3.8) is 0 Å². The number of rotatable bonds is 2. The van der Waals surface area contributed by atoms with Crippen molar-refractivity contribution in [2.24, 2.45) is 17.6 Å². The van der Waals surface area contributed by atoms with Crippen LogP contribution in [-0.2, 0) is 0 Å². The summed E-state index contributed by atoms with van der Waals surface area (Å²) < 4.78 is 0. The highest BCUT2D eigenvalue weighted by Crippen LogP contribution is 2.24. The molecule has 13 heavy (non-hydrogen) atoms. The van der Waals surface area contributed by atoms with Crippen molar-refractivity contribution < 1.29 is 0 Å². The Balaban J connectivity index is 2.45. The Labute approximate surface area is 82.5 Å². The Morgan fingerprint density at radius 3 is 2.31 bits per heavy atom. The average Bonchev–Trinajstić information content (AvgIpc) is 2.08. The topological polar surface area (TPSA) is 29.3 Å².